The van der Waals surface area contributed by atoms with Gasteiger partial charge in [-0.15, -0.1) is 11.8 Å². The van der Waals surface area contributed by atoms with E-state index >= 15 is 0 Å². The predicted molar refractivity (Wildman–Crippen MR) is 160 cm³/mol. The quantitative estimate of drug-likeness (QED) is 0.214. The number of aromatic nitrogens is 3. The molecule has 0 radical (unpaired) electrons. The summed E-state index contributed by atoms with van der Waals surface area (Å²) >= 11 is 1.30. The van der Waals surface area contributed by atoms with E-state index in [9.17, 15) is 40.3 Å². The number of carbonyl (C=O) groups excluding carboxylic acids is 1. The molecule has 1 aliphatic rings. The summed E-state index contributed by atoms with van der Waals surface area (Å²) in [5.41, 5.74) is -6.45. The summed E-state index contributed by atoms with van der Waals surface area (Å²) in [7, 11) is -5.51. The van der Waals surface area contributed by atoms with Gasteiger partial charge in [-0.1, -0.05) is 25.1 Å². The lowest BCUT2D eigenvalue weighted by Gasteiger charge is -2.37. The second-order valence-electron chi connectivity index (χ2n) is 10.6. The van der Waals surface area contributed by atoms with Crippen molar-refractivity contribution in [1.29, 1.82) is 0 Å². The largest absolute Gasteiger partial charge is 0.501 e. The van der Waals surface area contributed by atoms with Crippen LogP contribution in [0, 0.1) is 11.6 Å². The molecular formula is C30H27F5N4O6S2. The van der Waals surface area contributed by atoms with Gasteiger partial charge in [0.1, 0.15) is 29.9 Å². The number of hydrogen-bond donors (Lipinski definition) is 2. The number of thioether (sulfide) groups is 1. The molecule has 1 aliphatic heterocycles. The van der Waals surface area contributed by atoms with Crippen molar-refractivity contribution in [2.24, 2.45) is 0 Å². The summed E-state index contributed by atoms with van der Waals surface area (Å²) < 4.78 is 103. The van der Waals surface area contributed by atoms with Gasteiger partial charge in [0.05, 0.1) is 29.9 Å². The number of carbonyl (C=O) groups is 1. The summed E-state index contributed by atoms with van der Waals surface area (Å²) in [5.74, 6) is -2.27. The number of halogens is 5. The number of alkyl halides is 3. The number of anilines is 1. The molecule has 1 fully saturated rings. The standard InChI is InChI=1S/C30H27F5N4O6S2/c1-18(29(41,15-39-17-36-16-37-39)25-11-6-21(31)12-26(25)32)46-23-13-44-28(45-14-23)20-4-2-19(3-5-20)27(40)38-22-7-9-24(10-8-22)47(42,43)30(33,34)35/h2-12,16-18,23,28,41H,13-15H2,1H3,(H,38,40). The number of benzene rings is 3. The van der Waals surface area contributed by atoms with Gasteiger partial charge in [-0.3, -0.25) is 4.79 Å². The van der Waals surface area contributed by atoms with E-state index in [1.807, 2.05) is 0 Å². The van der Waals surface area contributed by atoms with E-state index < -0.39 is 54.9 Å². The first-order valence-corrected chi connectivity index (χ1v) is 16.3. The van der Waals surface area contributed by atoms with Crippen LogP contribution in [-0.4, -0.2) is 63.4 Å². The molecule has 0 bridgehead atoms. The lowest BCUT2D eigenvalue weighted by Crippen LogP contribution is -2.43. The normalized spacial score (nSPS) is 19.1. The molecule has 2 atom stereocenters. The Labute approximate surface area is 269 Å². The summed E-state index contributed by atoms with van der Waals surface area (Å²) in [6.07, 6.45) is 1.88. The third kappa shape index (κ3) is 7.65. The maximum absolute atomic E-state index is 14.8. The van der Waals surface area contributed by atoms with Crippen LogP contribution in [0.1, 0.15) is 34.7 Å². The van der Waals surface area contributed by atoms with Crippen molar-refractivity contribution < 1.29 is 49.7 Å². The zero-order valence-corrected chi connectivity index (χ0v) is 26.0. The van der Waals surface area contributed by atoms with E-state index in [1.165, 1.54) is 47.3 Å². The second kappa shape index (κ2) is 13.7. The van der Waals surface area contributed by atoms with E-state index in [0.717, 1.165) is 30.3 Å². The van der Waals surface area contributed by atoms with Gasteiger partial charge in [0.25, 0.3) is 15.7 Å². The average molecular weight is 699 g/mol. The zero-order valence-electron chi connectivity index (χ0n) is 24.4. The molecule has 5 rings (SSSR count). The van der Waals surface area contributed by atoms with Crippen molar-refractivity contribution in [2.75, 3.05) is 18.5 Å². The lowest BCUT2D eigenvalue weighted by atomic mass is 9.90. The molecule has 47 heavy (non-hydrogen) atoms. The lowest BCUT2D eigenvalue weighted by molar-refractivity contribution is -0.180. The Kier molecular flexibility index (Phi) is 10.0. The Hall–Kier alpha value is -3.90. The Morgan fingerprint density at radius 3 is 2.30 bits per heavy atom. The van der Waals surface area contributed by atoms with Crippen molar-refractivity contribution in [3.8, 4) is 0 Å². The molecule has 10 nitrogen and oxygen atoms in total. The fourth-order valence-electron chi connectivity index (χ4n) is 4.84. The third-order valence-corrected chi connectivity index (χ3v) is 10.3. The Bertz CT molecular complexity index is 1800. The molecular weight excluding hydrogens is 671 g/mol. The van der Waals surface area contributed by atoms with Crippen molar-refractivity contribution >= 4 is 33.2 Å². The summed E-state index contributed by atoms with van der Waals surface area (Å²) in [6, 6.07) is 12.8. The Morgan fingerprint density at radius 2 is 1.72 bits per heavy atom. The molecule has 0 spiro atoms. The van der Waals surface area contributed by atoms with Crippen LogP contribution in [0.15, 0.2) is 84.3 Å². The van der Waals surface area contributed by atoms with Crippen LogP contribution in [0.3, 0.4) is 0 Å². The maximum Gasteiger partial charge on any atom is 0.501 e. The van der Waals surface area contributed by atoms with Crippen LogP contribution in [0.4, 0.5) is 27.6 Å². The molecule has 1 amide bonds. The molecule has 2 unspecified atom stereocenters. The van der Waals surface area contributed by atoms with E-state index in [4.69, 9.17) is 9.47 Å². The van der Waals surface area contributed by atoms with Crippen molar-refractivity contribution in [3.05, 3.63) is 108 Å². The molecule has 4 aromatic rings. The molecule has 3 aromatic carbocycles. The number of nitrogens with one attached hydrogen (secondary N) is 1. The SMILES string of the molecule is CC(SC1COC(c2ccc(C(=O)Nc3ccc(S(=O)(=O)C(F)(F)F)cc3)cc2)OC1)C(O)(Cn1cncn1)c1ccc(F)cc1F. The Morgan fingerprint density at radius 1 is 1.06 bits per heavy atom. The minimum Gasteiger partial charge on any atom is -0.382 e. The molecule has 2 heterocycles. The number of hydrogen-bond acceptors (Lipinski definition) is 9. The van der Waals surface area contributed by atoms with E-state index in [1.54, 1.807) is 19.1 Å². The van der Waals surface area contributed by atoms with Gasteiger partial charge in [0.2, 0.25) is 0 Å². The fraction of sp³-hybridized carbons (Fsp3) is 0.300. The highest BCUT2D eigenvalue weighted by atomic mass is 32.2. The topological polar surface area (TPSA) is 133 Å². The highest BCUT2D eigenvalue weighted by Crippen LogP contribution is 2.39. The van der Waals surface area contributed by atoms with E-state index in [0.29, 0.717) is 11.6 Å². The number of amides is 1. The highest BCUT2D eigenvalue weighted by molar-refractivity contribution is 8.00. The van der Waals surface area contributed by atoms with Gasteiger partial charge in [-0.25, -0.2) is 26.9 Å². The fourth-order valence-corrected chi connectivity index (χ4v) is 6.92. The van der Waals surface area contributed by atoms with Crippen LogP contribution < -0.4 is 5.32 Å². The van der Waals surface area contributed by atoms with Gasteiger partial charge < -0.3 is 19.9 Å². The first-order chi connectivity index (χ1) is 22.2. The first kappa shape index (κ1) is 34.4. The third-order valence-electron chi connectivity index (χ3n) is 7.38. The summed E-state index contributed by atoms with van der Waals surface area (Å²) in [5, 5.41) is 17.3. The smallest absolute Gasteiger partial charge is 0.382 e. The van der Waals surface area contributed by atoms with Crippen LogP contribution >= 0.6 is 11.8 Å². The van der Waals surface area contributed by atoms with Crippen LogP contribution in [0.25, 0.3) is 0 Å². The first-order valence-electron chi connectivity index (χ1n) is 13.9. The summed E-state index contributed by atoms with van der Waals surface area (Å²) in [4.78, 5) is 15.6. The van der Waals surface area contributed by atoms with Gasteiger partial charge in [-0.05, 0) is 42.5 Å². The van der Waals surface area contributed by atoms with Gasteiger partial charge in [-0.2, -0.15) is 18.3 Å². The summed E-state index contributed by atoms with van der Waals surface area (Å²) in [6.45, 7) is 1.96. The molecule has 17 heteroatoms. The minimum atomic E-state index is -5.51. The average Bonchev–Trinajstić information content (AvgIpc) is 3.54. The van der Waals surface area contributed by atoms with Crippen LogP contribution in [-0.2, 0) is 31.5 Å². The van der Waals surface area contributed by atoms with Crippen LogP contribution in [0.2, 0.25) is 0 Å². The van der Waals surface area contributed by atoms with Crippen molar-refractivity contribution in [1.82, 2.24) is 14.8 Å². The molecule has 0 saturated carbocycles. The number of rotatable bonds is 10. The monoisotopic (exact) mass is 698 g/mol. The second-order valence-corrected chi connectivity index (χ2v) is 14.2. The van der Waals surface area contributed by atoms with Gasteiger partial charge >= 0.3 is 5.51 Å². The van der Waals surface area contributed by atoms with E-state index in [-0.39, 0.29) is 41.8 Å². The highest BCUT2D eigenvalue weighted by Gasteiger charge is 2.47. The van der Waals surface area contributed by atoms with Gasteiger partial charge in [0.15, 0.2) is 6.29 Å². The number of sulfone groups is 1. The molecule has 250 valence electrons. The minimum absolute atomic E-state index is 0.0901. The number of ether oxygens (including phenoxy) is 2. The van der Waals surface area contributed by atoms with Crippen molar-refractivity contribution in [2.45, 2.75) is 46.3 Å². The van der Waals surface area contributed by atoms with E-state index in [2.05, 4.69) is 15.4 Å². The number of nitrogens with zero attached hydrogens (tertiary/aromatic N) is 3. The Balaban J connectivity index is 1.18. The van der Waals surface area contributed by atoms with Crippen LogP contribution in [0.5, 0.6) is 0 Å². The maximum atomic E-state index is 14.8. The number of aliphatic hydroxyl groups is 1. The van der Waals surface area contributed by atoms with Crippen molar-refractivity contribution in [3.63, 3.8) is 0 Å². The predicted octanol–water partition coefficient (Wildman–Crippen LogP) is 5.23. The molecule has 2 N–H and O–H groups in total. The van der Waals surface area contributed by atoms with Gasteiger partial charge in [0, 0.05) is 33.7 Å². The molecule has 1 saturated heterocycles. The molecule has 0 aliphatic carbocycles. The molecule has 1 aromatic heterocycles. The zero-order chi connectivity index (χ0) is 34.0.